The van der Waals surface area contributed by atoms with E-state index in [0.29, 0.717) is 5.92 Å². The van der Waals surface area contributed by atoms with Crippen LogP contribution in [0.3, 0.4) is 0 Å². The van der Waals surface area contributed by atoms with Crippen molar-refractivity contribution in [2.24, 2.45) is 5.92 Å². The Labute approximate surface area is 58.4 Å². The first-order valence-corrected chi connectivity index (χ1v) is 3.95. The second kappa shape index (κ2) is 3.08. The van der Waals surface area contributed by atoms with Crippen LogP contribution in [0.5, 0.6) is 0 Å². The average molecular weight is 173 g/mol. The zero-order chi connectivity index (χ0) is 5.82. The van der Waals surface area contributed by atoms with E-state index in [9.17, 15) is 0 Å². The Hall–Kier alpha value is -0.0400. The summed E-state index contributed by atoms with van der Waals surface area (Å²) in [6.45, 7) is 0. The van der Waals surface area contributed by atoms with Crippen LogP contribution in [0.2, 0.25) is 0 Å². The fourth-order valence-corrected chi connectivity index (χ4v) is 1.18. The van der Waals surface area contributed by atoms with Crippen LogP contribution in [0.4, 0.5) is 0 Å². The number of hydrogen-bond acceptors (Lipinski definition) is 0. The average Bonchev–Trinajstić information content (AvgIpc) is 1.90. The van der Waals surface area contributed by atoms with Gasteiger partial charge in [0.15, 0.2) is 0 Å². The summed E-state index contributed by atoms with van der Waals surface area (Å²) in [6.07, 6.45) is 9.98. The second-order valence-corrected chi connectivity index (χ2v) is 2.56. The van der Waals surface area contributed by atoms with Crippen molar-refractivity contribution in [2.45, 2.75) is 6.42 Å². The molecule has 0 saturated carbocycles. The van der Waals surface area contributed by atoms with E-state index in [4.69, 9.17) is 0 Å². The van der Waals surface area contributed by atoms with Gasteiger partial charge in [0, 0.05) is 11.2 Å². The van der Waals surface area contributed by atoms with E-state index in [0.717, 1.165) is 11.8 Å². The quantitative estimate of drug-likeness (QED) is 0.422. The Morgan fingerprint density at radius 2 is 2.00 bits per heavy atom. The molecule has 1 heteroatoms. The molecule has 0 spiro atoms. The van der Waals surface area contributed by atoms with Crippen LogP contribution in [-0.4, -0.2) is 5.33 Å². The molecule has 0 fully saturated rings. The Bertz CT molecular complexity index is 102. The van der Waals surface area contributed by atoms with Gasteiger partial charge in [0.05, 0.1) is 0 Å². The SMILES string of the molecule is BrCC1C=CCC=C1. The van der Waals surface area contributed by atoms with Gasteiger partial charge in [-0.2, -0.15) is 0 Å². The Balaban J connectivity index is 2.42. The van der Waals surface area contributed by atoms with Crippen LogP contribution < -0.4 is 0 Å². The molecule has 0 unspecified atom stereocenters. The summed E-state index contributed by atoms with van der Waals surface area (Å²) >= 11 is 3.41. The molecule has 44 valence electrons. The van der Waals surface area contributed by atoms with Crippen LogP contribution in [0.15, 0.2) is 24.3 Å². The van der Waals surface area contributed by atoms with E-state index in [1.54, 1.807) is 0 Å². The minimum absolute atomic E-state index is 0.642. The maximum atomic E-state index is 3.41. The van der Waals surface area contributed by atoms with Crippen LogP contribution >= 0.6 is 15.9 Å². The topological polar surface area (TPSA) is 0 Å². The molecular formula is C7H9Br. The van der Waals surface area contributed by atoms with Crippen LogP contribution in [0.25, 0.3) is 0 Å². The van der Waals surface area contributed by atoms with E-state index in [2.05, 4.69) is 40.2 Å². The molecule has 0 saturated heterocycles. The maximum Gasteiger partial charge on any atom is 0.0129 e. The molecule has 0 radical (unpaired) electrons. The third kappa shape index (κ3) is 1.48. The molecule has 0 bridgehead atoms. The lowest BCUT2D eigenvalue weighted by atomic mass is 10.1. The fourth-order valence-electron chi connectivity index (χ4n) is 0.752. The summed E-state index contributed by atoms with van der Waals surface area (Å²) in [5.74, 6) is 0.642. The first-order chi connectivity index (χ1) is 3.93. The van der Waals surface area contributed by atoms with Gasteiger partial charge in [0.2, 0.25) is 0 Å². The first-order valence-electron chi connectivity index (χ1n) is 2.83. The van der Waals surface area contributed by atoms with Crippen molar-refractivity contribution < 1.29 is 0 Å². The van der Waals surface area contributed by atoms with E-state index < -0.39 is 0 Å². The molecule has 8 heavy (non-hydrogen) atoms. The van der Waals surface area contributed by atoms with Crippen molar-refractivity contribution in [3.63, 3.8) is 0 Å². The second-order valence-electron chi connectivity index (χ2n) is 1.91. The summed E-state index contributed by atoms with van der Waals surface area (Å²) in [5.41, 5.74) is 0. The van der Waals surface area contributed by atoms with Gasteiger partial charge in [-0.25, -0.2) is 0 Å². The van der Waals surface area contributed by atoms with Gasteiger partial charge in [-0.1, -0.05) is 40.2 Å². The van der Waals surface area contributed by atoms with E-state index in [1.165, 1.54) is 0 Å². The number of allylic oxidation sites excluding steroid dienone is 4. The fraction of sp³-hybridized carbons (Fsp3) is 0.429. The van der Waals surface area contributed by atoms with Gasteiger partial charge in [-0.05, 0) is 6.42 Å². The van der Waals surface area contributed by atoms with Gasteiger partial charge in [-0.15, -0.1) is 0 Å². The van der Waals surface area contributed by atoms with E-state index >= 15 is 0 Å². The zero-order valence-electron chi connectivity index (χ0n) is 4.68. The van der Waals surface area contributed by atoms with Crippen LogP contribution in [0.1, 0.15) is 6.42 Å². The minimum Gasteiger partial charge on any atom is -0.0918 e. The van der Waals surface area contributed by atoms with Gasteiger partial charge in [0.25, 0.3) is 0 Å². The molecule has 0 amide bonds. The molecule has 0 nitrogen and oxygen atoms in total. The monoisotopic (exact) mass is 172 g/mol. The molecular weight excluding hydrogens is 164 g/mol. The summed E-state index contributed by atoms with van der Waals surface area (Å²) in [6, 6.07) is 0. The molecule has 0 N–H and O–H groups in total. The van der Waals surface area contributed by atoms with E-state index in [-0.39, 0.29) is 0 Å². The van der Waals surface area contributed by atoms with Gasteiger partial charge in [0.1, 0.15) is 0 Å². The highest BCUT2D eigenvalue weighted by Crippen LogP contribution is 2.10. The lowest BCUT2D eigenvalue weighted by Gasteiger charge is -2.04. The van der Waals surface area contributed by atoms with Gasteiger partial charge < -0.3 is 0 Å². The highest BCUT2D eigenvalue weighted by molar-refractivity contribution is 9.09. The normalized spacial score (nSPS) is 19.6. The molecule has 0 aliphatic heterocycles. The third-order valence-electron chi connectivity index (χ3n) is 1.22. The number of hydrogen-bond donors (Lipinski definition) is 0. The number of rotatable bonds is 1. The summed E-state index contributed by atoms with van der Waals surface area (Å²) < 4.78 is 0. The molecule has 1 aliphatic rings. The van der Waals surface area contributed by atoms with Gasteiger partial charge in [-0.3, -0.25) is 0 Å². The third-order valence-corrected chi connectivity index (χ3v) is 1.96. The summed E-state index contributed by atoms with van der Waals surface area (Å²) in [5, 5.41) is 1.06. The Kier molecular flexibility index (Phi) is 2.34. The molecule has 0 aromatic heterocycles. The smallest absolute Gasteiger partial charge is 0.0129 e. The van der Waals surface area contributed by atoms with Crippen molar-refractivity contribution in [1.29, 1.82) is 0 Å². The van der Waals surface area contributed by atoms with Crippen molar-refractivity contribution in [3.05, 3.63) is 24.3 Å². The lowest BCUT2D eigenvalue weighted by Crippen LogP contribution is -1.94. The summed E-state index contributed by atoms with van der Waals surface area (Å²) in [4.78, 5) is 0. The molecule has 0 aromatic carbocycles. The number of halogens is 1. The van der Waals surface area contributed by atoms with Crippen molar-refractivity contribution in [2.75, 3.05) is 5.33 Å². The largest absolute Gasteiger partial charge is 0.0918 e. The highest BCUT2D eigenvalue weighted by atomic mass is 79.9. The predicted molar refractivity (Wildman–Crippen MR) is 40.2 cm³/mol. The molecule has 0 heterocycles. The standard InChI is InChI=1S/C7H9Br/c8-6-7-4-2-1-3-5-7/h2-5,7H,1,6H2. The Morgan fingerprint density at radius 3 is 2.38 bits per heavy atom. The first kappa shape index (κ1) is 6.09. The molecule has 0 aromatic rings. The van der Waals surface area contributed by atoms with E-state index in [1.807, 2.05) is 0 Å². The zero-order valence-corrected chi connectivity index (χ0v) is 6.26. The van der Waals surface area contributed by atoms with Gasteiger partial charge >= 0.3 is 0 Å². The number of alkyl halides is 1. The molecule has 1 aliphatic carbocycles. The van der Waals surface area contributed by atoms with Crippen molar-refractivity contribution in [3.8, 4) is 0 Å². The minimum atomic E-state index is 0.642. The summed E-state index contributed by atoms with van der Waals surface area (Å²) in [7, 11) is 0. The maximum absolute atomic E-state index is 3.41. The van der Waals surface area contributed by atoms with Crippen LogP contribution in [-0.2, 0) is 0 Å². The van der Waals surface area contributed by atoms with Crippen LogP contribution in [0, 0.1) is 5.92 Å². The molecule has 1 rings (SSSR count). The highest BCUT2D eigenvalue weighted by Gasteiger charge is 1.97. The van der Waals surface area contributed by atoms with Crippen molar-refractivity contribution >= 4 is 15.9 Å². The van der Waals surface area contributed by atoms with Crippen molar-refractivity contribution in [1.82, 2.24) is 0 Å². The molecule has 0 atom stereocenters. The Morgan fingerprint density at radius 1 is 1.38 bits per heavy atom. The predicted octanol–water partition coefficient (Wildman–Crippen LogP) is 2.51. The lowest BCUT2D eigenvalue weighted by molar-refractivity contribution is 0.934.